The standard InChI is InChI=1S/C23H32N6O2.C21H30N6O.3C21H30N6/c1-4-31-23(30)19-8-10-29(22(19)20-7-5-6-9-24-20)16-18-15-21(26-17(2)25-18)28-13-11-27(3)12-14-28;1-16-23-18(13-20(24-16)26-11-9-25(2)10-12-26)14-27-8-6-17(15-28)21(27)19-5-3-4-7-22-19;1-16-6-4-7-19(22-16)20-8-5-9-27(20)15-18-14-21(24-17(2)23-18)26-12-10-25(3)11-13-26;1-16-6-7-19(22-14-16)20-5-4-8-27(20)15-18-13-21(24-17(2)23-18)26-11-9-25(3)10-12-26;1-16-7-9-27(21(16)19-6-4-5-8-22-19)15-18-14-20(24-17(2)23-18)26-12-10-25(3)11-13-26/h5-7,9,15,19,22H,4,8,10-14,16H2,1-3H3;3-5,7,13,17,21,28H,6,8-12,14-15H2,1-2H3;4,6-7,14,20H,5,8-13,15H2,1-3H3;6-7,13-14,20H,4-5,8-12,15H2,1-3H3;4-6,8,14,16,21H,7,9-13,15H2,1-3H3/t19-,22+;17-,21-;;;/m10.../s1. The van der Waals surface area contributed by atoms with E-state index >= 15 is 0 Å². The Kier molecular flexibility index (Phi) is 35.9. The van der Waals surface area contributed by atoms with Crippen molar-refractivity contribution in [1.82, 2.24) is 124 Å². The van der Waals surface area contributed by atoms with E-state index in [0.717, 1.165) is 306 Å². The van der Waals surface area contributed by atoms with Crippen molar-refractivity contribution in [3.63, 3.8) is 0 Å². The zero-order valence-corrected chi connectivity index (χ0v) is 85.7. The maximum atomic E-state index is 12.7. The second-order valence-corrected chi connectivity index (χ2v) is 40.2. The van der Waals surface area contributed by atoms with Crippen LogP contribution in [0.15, 0.2) is 140 Å². The van der Waals surface area contributed by atoms with Crippen molar-refractivity contribution in [3.05, 3.63) is 237 Å². The lowest BCUT2D eigenvalue weighted by Crippen LogP contribution is -2.45. The molecule has 20 rings (SSSR count). The second-order valence-electron chi connectivity index (χ2n) is 40.2. The highest BCUT2D eigenvalue weighted by Crippen LogP contribution is 2.42. The summed E-state index contributed by atoms with van der Waals surface area (Å²) < 4.78 is 5.37. The van der Waals surface area contributed by atoms with Gasteiger partial charge in [0.1, 0.15) is 58.2 Å². The zero-order chi connectivity index (χ0) is 97.7. The molecular formula is C107H152N30O3. The minimum Gasteiger partial charge on any atom is -0.466 e. The highest BCUT2D eigenvalue weighted by atomic mass is 16.5. The molecule has 8 atom stereocenters. The average Bonchev–Trinajstić information content (AvgIpc) is 1.63. The smallest absolute Gasteiger partial charge is 0.310 e. The Morgan fingerprint density at radius 2 is 0.679 bits per heavy atom. The molecule has 140 heavy (non-hydrogen) atoms. The van der Waals surface area contributed by atoms with Crippen LogP contribution in [0, 0.1) is 66.2 Å². The van der Waals surface area contributed by atoms with Crippen molar-refractivity contribution in [2.75, 3.05) is 237 Å². The summed E-state index contributed by atoms with van der Waals surface area (Å²) in [5.41, 5.74) is 13.2. The third kappa shape index (κ3) is 27.5. The maximum absolute atomic E-state index is 12.7. The summed E-state index contributed by atoms with van der Waals surface area (Å²) in [4.78, 5) is 119. The Balaban J connectivity index is 0.000000126. The van der Waals surface area contributed by atoms with E-state index in [2.05, 4.69) is 228 Å². The number of hydrogen-bond donors (Lipinski definition) is 1. The van der Waals surface area contributed by atoms with Gasteiger partial charge in [0.15, 0.2) is 0 Å². The Morgan fingerprint density at radius 1 is 0.336 bits per heavy atom. The monoisotopic (exact) mass is 1910 g/mol. The van der Waals surface area contributed by atoms with E-state index in [4.69, 9.17) is 59.6 Å². The van der Waals surface area contributed by atoms with Gasteiger partial charge in [0.2, 0.25) is 0 Å². The number of esters is 1. The van der Waals surface area contributed by atoms with Crippen molar-refractivity contribution in [2.45, 2.75) is 170 Å². The lowest BCUT2D eigenvalue weighted by molar-refractivity contribution is -0.149. The number of pyridine rings is 5. The van der Waals surface area contributed by atoms with Gasteiger partial charge in [0.05, 0.1) is 99.7 Å². The number of anilines is 5. The van der Waals surface area contributed by atoms with E-state index in [-0.39, 0.29) is 36.5 Å². The molecule has 4 unspecified atom stereocenters. The van der Waals surface area contributed by atoms with Crippen LogP contribution in [-0.2, 0) is 42.3 Å². The minimum atomic E-state index is -0.213. The van der Waals surface area contributed by atoms with Gasteiger partial charge in [0, 0.05) is 244 Å². The lowest BCUT2D eigenvalue weighted by Gasteiger charge is -2.33. The van der Waals surface area contributed by atoms with Crippen molar-refractivity contribution in [1.29, 1.82) is 0 Å². The highest BCUT2D eigenvalue weighted by molar-refractivity contribution is 5.74. The van der Waals surface area contributed by atoms with Crippen molar-refractivity contribution < 1.29 is 14.6 Å². The Hall–Kier alpha value is -10.8. The summed E-state index contributed by atoms with van der Waals surface area (Å²) in [6.07, 6.45) is 15.2. The van der Waals surface area contributed by atoms with Gasteiger partial charge in [0.25, 0.3) is 0 Å². The summed E-state index contributed by atoms with van der Waals surface area (Å²) in [6.45, 7) is 48.8. The minimum absolute atomic E-state index is 0.109. The van der Waals surface area contributed by atoms with Gasteiger partial charge in [-0.1, -0.05) is 37.3 Å². The molecule has 10 fully saturated rings. The van der Waals surface area contributed by atoms with Crippen molar-refractivity contribution in [2.24, 2.45) is 17.8 Å². The molecule has 0 radical (unpaired) electrons. The molecule has 10 aliphatic heterocycles. The summed E-state index contributed by atoms with van der Waals surface area (Å²) >= 11 is 0. The van der Waals surface area contributed by atoms with Gasteiger partial charge in [-0.2, -0.15) is 0 Å². The normalized spacial score (nSPS) is 22.9. The Morgan fingerprint density at radius 3 is 1.04 bits per heavy atom. The topological polar surface area (TPSA) is 288 Å². The number of hydrogen-bond acceptors (Lipinski definition) is 33. The number of piperazine rings is 5. The first-order chi connectivity index (χ1) is 67.9. The molecule has 0 aromatic carbocycles. The van der Waals surface area contributed by atoms with Crippen molar-refractivity contribution >= 4 is 35.1 Å². The molecule has 1 N–H and O–H groups in total. The third-order valence-electron chi connectivity index (χ3n) is 29.3. The molecule has 10 aliphatic rings. The number of rotatable bonds is 23. The van der Waals surface area contributed by atoms with E-state index in [0.29, 0.717) is 37.2 Å². The van der Waals surface area contributed by atoms with Crippen molar-refractivity contribution in [3.8, 4) is 0 Å². The van der Waals surface area contributed by atoms with Crippen LogP contribution in [0.25, 0.3) is 0 Å². The van der Waals surface area contributed by atoms with E-state index < -0.39 is 0 Å². The molecule has 0 amide bonds. The number of aryl methyl sites for hydroxylation is 7. The van der Waals surface area contributed by atoms with Gasteiger partial charge in [-0.3, -0.25) is 54.2 Å². The largest absolute Gasteiger partial charge is 0.466 e. The number of aliphatic hydroxyl groups excluding tert-OH is 1. The molecule has 748 valence electrons. The fourth-order valence-corrected chi connectivity index (χ4v) is 21.6. The van der Waals surface area contributed by atoms with Gasteiger partial charge < -0.3 is 58.8 Å². The van der Waals surface area contributed by atoms with Crippen LogP contribution in [0.4, 0.5) is 29.1 Å². The molecule has 10 aromatic heterocycles. The summed E-state index contributed by atoms with van der Waals surface area (Å²) in [5.74, 6) is 9.92. The number of nitrogens with zero attached hydrogens (tertiary/aromatic N) is 30. The molecule has 20 heterocycles. The Labute approximate surface area is 830 Å². The van der Waals surface area contributed by atoms with Gasteiger partial charge in [-0.05, 0) is 228 Å². The lowest BCUT2D eigenvalue weighted by atomic mass is 9.97. The van der Waals surface area contributed by atoms with Crippen LogP contribution < -0.4 is 24.5 Å². The molecular weight excluding hydrogens is 1750 g/mol. The van der Waals surface area contributed by atoms with Crippen LogP contribution in [0.1, 0.15) is 186 Å². The summed E-state index contributed by atoms with van der Waals surface area (Å²) in [6, 6.07) is 40.8. The Bertz CT molecular complexity index is 5540. The predicted octanol–water partition coefficient (Wildman–Crippen LogP) is 11.2. The quantitative estimate of drug-likeness (QED) is 0.0582. The number of carbonyl (C=O) groups is 1. The molecule has 0 saturated carbocycles. The fourth-order valence-electron chi connectivity index (χ4n) is 21.6. The average molecular weight is 1910 g/mol. The molecule has 33 nitrogen and oxygen atoms in total. The summed E-state index contributed by atoms with van der Waals surface area (Å²) in [7, 11) is 10.9. The fraction of sp³-hybridized carbons (Fsp3) is 0.570. The molecule has 0 spiro atoms. The number of aliphatic hydroxyl groups is 1. The molecule has 0 bridgehead atoms. The molecule has 10 aromatic rings. The molecule has 33 heteroatoms. The number of likely N-dealkylation sites (N-methyl/N-ethyl adjacent to an activating group) is 5. The highest BCUT2D eigenvalue weighted by Gasteiger charge is 2.43. The van der Waals surface area contributed by atoms with E-state index in [1.807, 2.05) is 96.5 Å². The van der Waals surface area contributed by atoms with E-state index in [1.54, 1.807) is 6.20 Å². The maximum Gasteiger partial charge on any atom is 0.310 e. The zero-order valence-electron chi connectivity index (χ0n) is 85.7. The third-order valence-corrected chi connectivity index (χ3v) is 29.3. The van der Waals surface area contributed by atoms with Gasteiger partial charge in [-0.25, -0.2) is 49.8 Å². The first-order valence-electron chi connectivity index (χ1n) is 51.4. The first kappa shape index (κ1) is 102. The number of ether oxygens (including phenoxy) is 1. The van der Waals surface area contributed by atoms with Crippen LogP contribution in [0.3, 0.4) is 0 Å². The van der Waals surface area contributed by atoms with Gasteiger partial charge in [-0.15, -0.1) is 0 Å². The predicted molar refractivity (Wildman–Crippen MR) is 551 cm³/mol. The van der Waals surface area contributed by atoms with Crippen LogP contribution in [0.5, 0.6) is 0 Å². The second kappa shape index (κ2) is 49.2. The van der Waals surface area contributed by atoms with Gasteiger partial charge >= 0.3 is 5.97 Å². The molecule has 0 aliphatic carbocycles. The number of likely N-dealkylation sites (tertiary alicyclic amines) is 5. The van der Waals surface area contributed by atoms with Crippen LogP contribution in [-0.4, -0.2) is 347 Å². The number of aromatic nitrogens is 15. The summed E-state index contributed by atoms with van der Waals surface area (Å²) in [5, 5.41) is 9.87. The van der Waals surface area contributed by atoms with E-state index in [1.165, 1.54) is 54.7 Å². The van der Waals surface area contributed by atoms with Crippen LogP contribution >= 0.6 is 0 Å². The van der Waals surface area contributed by atoms with Crippen LogP contribution in [0.2, 0.25) is 0 Å². The molecule has 10 saturated heterocycles. The SMILES string of the molecule is CCOC(=O)[C@@H]1CCN(Cc2cc(N3CCN(C)CC3)nc(C)n2)[C@@H]1c1ccccn1.Cc1ccc(C2CCCN2Cc2cc(N3CCN(C)CC3)nc(C)n2)nc1.Cc1cccc(C2CCCN2Cc2cc(N3CCN(C)CC3)nc(C)n2)n1.Cc1nc(CN2CCC(C)C2c2ccccn2)cc(N2CCN(C)CC2)n1.Cc1nc(CN2CC[C@@H](CO)[C@H]2c2ccccn2)cc(N2CCN(C)CC2)n1. The van der Waals surface area contributed by atoms with E-state index in [9.17, 15) is 9.90 Å². The number of carbonyl (C=O) groups excluding carboxylic acids is 1. The first-order valence-corrected chi connectivity index (χ1v) is 51.4.